The molecular formula is C11H16N2O2. The van der Waals surface area contributed by atoms with E-state index in [-0.39, 0.29) is 11.2 Å². The van der Waals surface area contributed by atoms with Crippen LogP contribution in [0.4, 0.5) is 5.69 Å². The smallest absolute Gasteiger partial charge is 0.356 e. The highest BCUT2D eigenvalue weighted by atomic mass is 16.4. The third-order valence-corrected chi connectivity index (χ3v) is 2.36. The van der Waals surface area contributed by atoms with Gasteiger partial charge in [-0.25, -0.2) is 9.78 Å². The molecule has 4 heteroatoms. The fraction of sp³-hybridized carbons (Fsp3) is 0.455. The van der Waals surface area contributed by atoms with Crippen LogP contribution in [-0.2, 0) is 0 Å². The van der Waals surface area contributed by atoms with Gasteiger partial charge in [0.1, 0.15) is 0 Å². The summed E-state index contributed by atoms with van der Waals surface area (Å²) in [5.41, 5.74) is 0.597. The highest BCUT2D eigenvalue weighted by Gasteiger charge is 2.22. The lowest BCUT2D eigenvalue weighted by Crippen LogP contribution is -2.39. The average molecular weight is 208 g/mol. The first kappa shape index (κ1) is 11.5. The molecule has 1 N–H and O–H groups in total. The minimum atomic E-state index is -0.998. The van der Waals surface area contributed by atoms with Crippen molar-refractivity contribution < 1.29 is 9.90 Å². The molecule has 82 valence electrons. The Balaban J connectivity index is 3.19. The van der Waals surface area contributed by atoms with Crippen molar-refractivity contribution in [1.82, 2.24) is 4.98 Å². The molecule has 0 aliphatic carbocycles. The second-order valence-electron chi connectivity index (χ2n) is 4.41. The summed E-state index contributed by atoms with van der Waals surface area (Å²) in [5.74, 6) is -0.998. The summed E-state index contributed by atoms with van der Waals surface area (Å²) in [6, 6.07) is 3.51. The molecule has 0 saturated carbocycles. The Morgan fingerprint density at radius 2 is 2.07 bits per heavy atom. The van der Waals surface area contributed by atoms with E-state index in [0.29, 0.717) is 5.69 Å². The Labute approximate surface area is 89.6 Å². The number of aromatic carboxylic acids is 1. The number of hydrogen-bond acceptors (Lipinski definition) is 3. The molecule has 0 radical (unpaired) electrons. The van der Waals surface area contributed by atoms with Crippen molar-refractivity contribution in [3.05, 3.63) is 24.0 Å². The Morgan fingerprint density at radius 1 is 1.47 bits per heavy atom. The number of carbonyl (C=O) groups is 1. The van der Waals surface area contributed by atoms with E-state index in [9.17, 15) is 4.79 Å². The molecule has 0 saturated heterocycles. The van der Waals surface area contributed by atoms with Crippen molar-refractivity contribution in [2.24, 2.45) is 0 Å². The predicted molar refractivity (Wildman–Crippen MR) is 59.4 cm³/mol. The average Bonchev–Trinajstić information content (AvgIpc) is 2.15. The van der Waals surface area contributed by atoms with Crippen LogP contribution in [0.5, 0.6) is 0 Å². The van der Waals surface area contributed by atoms with Crippen LogP contribution in [0.2, 0.25) is 0 Å². The van der Waals surface area contributed by atoms with E-state index in [1.165, 1.54) is 6.20 Å². The molecule has 0 atom stereocenters. The number of anilines is 1. The topological polar surface area (TPSA) is 53.4 Å². The zero-order chi connectivity index (χ0) is 11.6. The van der Waals surface area contributed by atoms with Crippen molar-refractivity contribution >= 4 is 11.7 Å². The number of carboxylic acids is 1. The van der Waals surface area contributed by atoms with Crippen molar-refractivity contribution in [3.8, 4) is 0 Å². The Hall–Kier alpha value is -1.58. The maximum absolute atomic E-state index is 11.0. The largest absolute Gasteiger partial charge is 0.476 e. The monoisotopic (exact) mass is 208 g/mol. The molecule has 0 spiro atoms. The number of aromatic nitrogens is 1. The van der Waals surface area contributed by atoms with Gasteiger partial charge in [0.15, 0.2) is 5.69 Å². The summed E-state index contributed by atoms with van der Waals surface area (Å²) in [7, 11) is 1.86. The van der Waals surface area contributed by atoms with Gasteiger partial charge in [-0.05, 0) is 32.9 Å². The van der Waals surface area contributed by atoms with E-state index in [1.54, 1.807) is 12.1 Å². The summed E-state index contributed by atoms with van der Waals surface area (Å²) in [6.07, 6.45) is 1.49. The number of rotatable bonds is 2. The number of pyridine rings is 1. The normalized spacial score (nSPS) is 11.2. The molecule has 1 rings (SSSR count). The van der Waals surface area contributed by atoms with Gasteiger partial charge in [-0.15, -0.1) is 0 Å². The van der Waals surface area contributed by atoms with Gasteiger partial charge < -0.3 is 10.0 Å². The molecule has 0 aromatic carbocycles. The summed E-state index contributed by atoms with van der Waals surface area (Å²) in [6.45, 7) is 6.06. The molecule has 0 unspecified atom stereocenters. The van der Waals surface area contributed by atoms with E-state index in [2.05, 4.69) is 4.98 Å². The van der Waals surface area contributed by atoms with Gasteiger partial charge in [-0.2, -0.15) is 0 Å². The summed E-state index contributed by atoms with van der Waals surface area (Å²) in [5, 5.41) is 8.99. The van der Waals surface area contributed by atoms with Crippen molar-refractivity contribution in [2.45, 2.75) is 26.3 Å². The second kappa shape index (κ2) is 3.88. The van der Waals surface area contributed by atoms with Crippen LogP contribution in [0.3, 0.4) is 0 Å². The molecule has 0 amide bonds. The summed E-state index contributed by atoms with van der Waals surface area (Å²) >= 11 is 0. The third-order valence-electron chi connectivity index (χ3n) is 2.36. The zero-order valence-corrected chi connectivity index (χ0v) is 9.48. The minimum Gasteiger partial charge on any atom is -0.476 e. The zero-order valence-electron chi connectivity index (χ0n) is 9.48. The highest BCUT2D eigenvalue weighted by Crippen LogP contribution is 2.24. The lowest BCUT2D eigenvalue weighted by Gasteiger charge is -2.34. The van der Waals surface area contributed by atoms with Crippen LogP contribution in [0.1, 0.15) is 31.3 Å². The minimum absolute atomic E-state index is 0.0925. The standard InChI is InChI=1S/C11H16N2O2/c1-11(2,3)13(4)8-6-5-7-12-9(8)10(14)15/h5-7H,1-4H3,(H,14,15). The van der Waals surface area contributed by atoms with Crippen molar-refractivity contribution in [2.75, 3.05) is 11.9 Å². The Bertz CT molecular complexity index is 369. The SMILES string of the molecule is CN(c1cccnc1C(=O)O)C(C)(C)C. The molecule has 0 fully saturated rings. The van der Waals surface area contributed by atoms with E-state index in [4.69, 9.17) is 5.11 Å². The van der Waals surface area contributed by atoms with Gasteiger partial charge in [-0.1, -0.05) is 0 Å². The summed E-state index contributed by atoms with van der Waals surface area (Å²) in [4.78, 5) is 16.7. The molecule has 0 bridgehead atoms. The molecular weight excluding hydrogens is 192 g/mol. The molecule has 15 heavy (non-hydrogen) atoms. The number of hydrogen-bond donors (Lipinski definition) is 1. The van der Waals surface area contributed by atoms with Crippen molar-refractivity contribution in [1.29, 1.82) is 0 Å². The number of carboxylic acid groups (broad SMARTS) is 1. The lowest BCUT2D eigenvalue weighted by molar-refractivity contribution is 0.0691. The summed E-state index contributed by atoms with van der Waals surface area (Å²) < 4.78 is 0. The first-order valence-electron chi connectivity index (χ1n) is 4.76. The maximum Gasteiger partial charge on any atom is 0.356 e. The fourth-order valence-electron chi connectivity index (χ4n) is 1.19. The molecule has 4 nitrogen and oxygen atoms in total. The van der Waals surface area contributed by atoms with Crippen molar-refractivity contribution in [3.63, 3.8) is 0 Å². The first-order chi connectivity index (χ1) is 6.84. The molecule has 0 aliphatic heterocycles. The van der Waals surface area contributed by atoms with Gasteiger partial charge >= 0.3 is 5.97 Å². The van der Waals surface area contributed by atoms with E-state index in [0.717, 1.165) is 0 Å². The van der Waals surface area contributed by atoms with E-state index in [1.807, 2.05) is 32.7 Å². The highest BCUT2D eigenvalue weighted by molar-refractivity contribution is 5.92. The van der Waals surface area contributed by atoms with E-state index >= 15 is 0 Å². The van der Waals surface area contributed by atoms with Crippen LogP contribution in [0.15, 0.2) is 18.3 Å². The second-order valence-corrected chi connectivity index (χ2v) is 4.41. The van der Waals surface area contributed by atoms with Crippen LogP contribution in [0.25, 0.3) is 0 Å². The predicted octanol–water partition coefficient (Wildman–Crippen LogP) is 2.01. The van der Waals surface area contributed by atoms with Gasteiger partial charge in [0.25, 0.3) is 0 Å². The maximum atomic E-state index is 11.0. The van der Waals surface area contributed by atoms with Crippen LogP contribution < -0.4 is 4.90 Å². The molecule has 1 heterocycles. The first-order valence-corrected chi connectivity index (χ1v) is 4.76. The van der Waals surface area contributed by atoms with E-state index < -0.39 is 5.97 Å². The van der Waals surface area contributed by atoms with Gasteiger partial charge in [0, 0.05) is 18.8 Å². The lowest BCUT2D eigenvalue weighted by atomic mass is 10.1. The number of nitrogens with zero attached hydrogens (tertiary/aromatic N) is 2. The quantitative estimate of drug-likeness (QED) is 0.807. The van der Waals surface area contributed by atoms with Crippen LogP contribution >= 0.6 is 0 Å². The molecule has 0 aliphatic rings. The van der Waals surface area contributed by atoms with Gasteiger partial charge in [-0.3, -0.25) is 0 Å². The van der Waals surface area contributed by atoms with Gasteiger partial charge in [0.2, 0.25) is 0 Å². The van der Waals surface area contributed by atoms with Gasteiger partial charge in [0.05, 0.1) is 5.69 Å². The third kappa shape index (κ3) is 2.46. The molecule has 1 aromatic rings. The van der Waals surface area contributed by atoms with Crippen LogP contribution in [0, 0.1) is 0 Å². The Kier molecular flexibility index (Phi) is 2.98. The fourth-order valence-corrected chi connectivity index (χ4v) is 1.19. The Morgan fingerprint density at radius 3 is 2.53 bits per heavy atom. The molecule has 1 aromatic heterocycles. The van der Waals surface area contributed by atoms with Crippen LogP contribution in [-0.4, -0.2) is 28.6 Å².